The van der Waals surface area contributed by atoms with Crippen LogP contribution in [0.5, 0.6) is 0 Å². The molecule has 1 amide bonds. The van der Waals surface area contributed by atoms with Gasteiger partial charge in [-0.1, -0.05) is 0 Å². The lowest BCUT2D eigenvalue weighted by atomic mass is 10.3. The van der Waals surface area contributed by atoms with Crippen LogP contribution in [0.15, 0.2) is 17.2 Å². The zero-order valence-corrected chi connectivity index (χ0v) is 8.28. The van der Waals surface area contributed by atoms with Gasteiger partial charge in [0, 0.05) is 6.20 Å². The number of aromatic amines is 1. The number of nitrogens with one attached hydrogen (secondary N) is 2. The number of aliphatic hydroxyl groups is 1. The summed E-state index contributed by atoms with van der Waals surface area (Å²) in [6.45, 7) is -0.983. The second-order valence-corrected chi connectivity index (χ2v) is 3.06. The SMILES string of the molecule is O=C(NCC(O)C(F)(F)F)c1c[nH]c(=O)cn1. The fourth-order valence-electron chi connectivity index (χ4n) is 0.862. The maximum atomic E-state index is 11.9. The molecule has 9 heteroatoms. The highest BCUT2D eigenvalue weighted by Gasteiger charge is 2.38. The van der Waals surface area contributed by atoms with Crippen LogP contribution in [0.3, 0.4) is 0 Å². The molecule has 0 aliphatic carbocycles. The quantitative estimate of drug-likeness (QED) is 0.670. The van der Waals surface area contributed by atoms with E-state index in [0.29, 0.717) is 0 Å². The number of alkyl halides is 3. The fraction of sp³-hybridized carbons (Fsp3) is 0.375. The van der Waals surface area contributed by atoms with E-state index in [9.17, 15) is 22.8 Å². The van der Waals surface area contributed by atoms with Crippen molar-refractivity contribution < 1.29 is 23.1 Å². The van der Waals surface area contributed by atoms with Gasteiger partial charge in [0.15, 0.2) is 6.10 Å². The van der Waals surface area contributed by atoms with Gasteiger partial charge in [0.2, 0.25) is 0 Å². The first-order valence-corrected chi connectivity index (χ1v) is 4.38. The van der Waals surface area contributed by atoms with Crippen molar-refractivity contribution in [3.63, 3.8) is 0 Å². The summed E-state index contributed by atoms with van der Waals surface area (Å²) < 4.78 is 35.7. The molecule has 0 fully saturated rings. The van der Waals surface area contributed by atoms with E-state index < -0.39 is 30.3 Å². The summed E-state index contributed by atoms with van der Waals surface area (Å²) in [5, 5.41) is 10.4. The highest BCUT2D eigenvalue weighted by molar-refractivity contribution is 5.91. The van der Waals surface area contributed by atoms with E-state index in [1.165, 1.54) is 0 Å². The van der Waals surface area contributed by atoms with E-state index >= 15 is 0 Å². The number of nitrogens with zero attached hydrogens (tertiary/aromatic N) is 1. The molecule has 0 aliphatic rings. The number of aromatic nitrogens is 2. The molecular formula is C8H8F3N3O3. The summed E-state index contributed by atoms with van der Waals surface area (Å²) in [5.74, 6) is -0.926. The molecule has 3 N–H and O–H groups in total. The second-order valence-electron chi connectivity index (χ2n) is 3.06. The van der Waals surface area contributed by atoms with Crippen molar-refractivity contribution in [2.75, 3.05) is 6.54 Å². The number of rotatable bonds is 3. The van der Waals surface area contributed by atoms with Crippen LogP contribution >= 0.6 is 0 Å². The van der Waals surface area contributed by atoms with Crippen LogP contribution in [-0.2, 0) is 0 Å². The lowest BCUT2D eigenvalue weighted by Crippen LogP contribution is -2.41. The number of H-pyrrole nitrogens is 1. The van der Waals surface area contributed by atoms with Crippen LogP contribution in [0, 0.1) is 0 Å². The first kappa shape index (κ1) is 13.2. The molecule has 6 nitrogen and oxygen atoms in total. The lowest BCUT2D eigenvalue weighted by molar-refractivity contribution is -0.201. The summed E-state index contributed by atoms with van der Waals surface area (Å²) in [7, 11) is 0. The molecular weight excluding hydrogens is 243 g/mol. The van der Waals surface area contributed by atoms with Crippen molar-refractivity contribution in [2.24, 2.45) is 0 Å². The first-order valence-electron chi connectivity index (χ1n) is 4.38. The number of halogens is 3. The average molecular weight is 251 g/mol. The summed E-state index contributed by atoms with van der Waals surface area (Å²) in [5.41, 5.74) is -0.796. The standard InChI is InChI=1S/C8H8F3N3O3/c9-8(10,11)5(15)2-14-7(17)4-1-13-6(16)3-12-4/h1,3,5,15H,2H2,(H,13,16)(H,14,17). The van der Waals surface area contributed by atoms with Crippen molar-refractivity contribution >= 4 is 5.91 Å². The number of carbonyl (C=O) groups is 1. The normalized spacial score (nSPS) is 13.2. The van der Waals surface area contributed by atoms with E-state index in [0.717, 1.165) is 12.4 Å². The molecule has 0 spiro atoms. The Morgan fingerprint density at radius 3 is 2.71 bits per heavy atom. The first-order chi connectivity index (χ1) is 7.80. The fourth-order valence-corrected chi connectivity index (χ4v) is 0.862. The molecule has 1 aromatic rings. The summed E-state index contributed by atoms with van der Waals surface area (Å²) in [6.07, 6.45) is -5.67. The third kappa shape index (κ3) is 3.87. The van der Waals surface area contributed by atoms with Crippen LogP contribution in [0.4, 0.5) is 13.2 Å². The molecule has 0 aliphatic heterocycles. The Bertz CT molecular complexity index is 437. The van der Waals surface area contributed by atoms with Gasteiger partial charge in [-0.05, 0) is 0 Å². The van der Waals surface area contributed by atoms with Crippen molar-refractivity contribution in [3.8, 4) is 0 Å². The lowest BCUT2D eigenvalue weighted by Gasteiger charge is -2.14. The molecule has 1 aromatic heterocycles. The number of aliphatic hydroxyl groups excluding tert-OH is 1. The van der Waals surface area contributed by atoms with Gasteiger partial charge in [0.25, 0.3) is 11.5 Å². The maximum absolute atomic E-state index is 11.9. The van der Waals surface area contributed by atoms with Gasteiger partial charge in [0.1, 0.15) is 5.69 Å². The second kappa shape index (κ2) is 4.95. The Hall–Kier alpha value is -1.90. The van der Waals surface area contributed by atoms with Gasteiger partial charge in [-0.25, -0.2) is 4.98 Å². The Kier molecular flexibility index (Phi) is 3.84. The molecule has 17 heavy (non-hydrogen) atoms. The number of amides is 1. The van der Waals surface area contributed by atoms with E-state index in [4.69, 9.17) is 5.11 Å². The number of hydrogen-bond acceptors (Lipinski definition) is 4. The predicted molar refractivity (Wildman–Crippen MR) is 49.3 cm³/mol. The highest BCUT2D eigenvalue weighted by Crippen LogP contribution is 2.19. The highest BCUT2D eigenvalue weighted by atomic mass is 19.4. The Morgan fingerprint density at radius 2 is 2.24 bits per heavy atom. The third-order valence-electron chi connectivity index (χ3n) is 1.74. The van der Waals surface area contributed by atoms with Gasteiger partial charge in [-0.3, -0.25) is 9.59 Å². The van der Waals surface area contributed by atoms with E-state index in [1.54, 1.807) is 0 Å². The smallest absolute Gasteiger partial charge is 0.382 e. The summed E-state index contributed by atoms with van der Waals surface area (Å²) in [6, 6.07) is 0. The van der Waals surface area contributed by atoms with Crippen LogP contribution in [0.1, 0.15) is 10.5 Å². The topological polar surface area (TPSA) is 95.1 Å². The number of hydrogen-bond donors (Lipinski definition) is 3. The molecule has 0 saturated heterocycles. The zero-order chi connectivity index (χ0) is 13.1. The molecule has 1 rings (SSSR count). The molecule has 1 heterocycles. The van der Waals surface area contributed by atoms with Gasteiger partial charge >= 0.3 is 6.18 Å². The van der Waals surface area contributed by atoms with Crippen molar-refractivity contribution in [2.45, 2.75) is 12.3 Å². The van der Waals surface area contributed by atoms with Gasteiger partial charge in [-0.2, -0.15) is 13.2 Å². The Labute approximate surface area is 92.5 Å². The summed E-state index contributed by atoms with van der Waals surface area (Å²) >= 11 is 0. The largest absolute Gasteiger partial charge is 0.416 e. The minimum absolute atomic E-state index is 0.251. The minimum atomic E-state index is -4.80. The van der Waals surface area contributed by atoms with E-state index in [-0.39, 0.29) is 5.69 Å². The van der Waals surface area contributed by atoms with Crippen molar-refractivity contribution in [3.05, 3.63) is 28.4 Å². The average Bonchev–Trinajstić information content (AvgIpc) is 2.25. The molecule has 1 atom stereocenters. The van der Waals surface area contributed by atoms with Gasteiger partial charge in [0.05, 0.1) is 12.7 Å². The van der Waals surface area contributed by atoms with Crippen LogP contribution in [0.2, 0.25) is 0 Å². The minimum Gasteiger partial charge on any atom is -0.382 e. The predicted octanol–water partition coefficient (Wildman–Crippen LogP) is -0.577. The van der Waals surface area contributed by atoms with Crippen LogP contribution in [-0.4, -0.2) is 39.8 Å². The molecule has 0 radical (unpaired) electrons. The molecule has 0 aromatic carbocycles. The zero-order valence-electron chi connectivity index (χ0n) is 8.28. The van der Waals surface area contributed by atoms with Gasteiger partial charge in [-0.15, -0.1) is 0 Å². The molecule has 0 bridgehead atoms. The van der Waals surface area contributed by atoms with E-state index in [1.807, 2.05) is 5.32 Å². The number of carbonyl (C=O) groups excluding carboxylic acids is 1. The molecule has 0 saturated carbocycles. The third-order valence-corrected chi connectivity index (χ3v) is 1.74. The maximum Gasteiger partial charge on any atom is 0.416 e. The molecule has 1 unspecified atom stereocenters. The van der Waals surface area contributed by atoms with E-state index in [2.05, 4.69) is 9.97 Å². The monoisotopic (exact) mass is 251 g/mol. The van der Waals surface area contributed by atoms with Crippen molar-refractivity contribution in [1.29, 1.82) is 0 Å². The van der Waals surface area contributed by atoms with Crippen LogP contribution < -0.4 is 10.9 Å². The Morgan fingerprint density at radius 1 is 1.59 bits per heavy atom. The van der Waals surface area contributed by atoms with Gasteiger partial charge < -0.3 is 15.4 Å². The molecule has 94 valence electrons. The summed E-state index contributed by atoms with van der Waals surface area (Å²) in [4.78, 5) is 27.4. The Balaban J connectivity index is 2.56. The van der Waals surface area contributed by atoms with Crippen molar-refractivity contribution in [1.82, 2.24) is 15.3 Å². The van der Waals surface area contributed by atoms with Crippen LogP contribution in [0.25, 0.3) is 0 Å².